The van der Waals surface area contributed by atoms with Crippen molar-refractivity contribution in [1.82, 2.24) is 0 Å². The molecule has 0 saturated heterocycles. The normalized spacial score (nSPS) is 15.1. The smallest absolute Gasteiger partial charge is 0.0201 e. The van der Waals surface area contributed by atoms with Gasteiger partial charge < -0.3 is 0 Å². The molecule has 0 unspecified atom stereocenters. The van der Waals surface area contributed by atoms with Gasteiger partial charge in [-0.05, 0) is 63.2 Å². The molecular weight excluding hydrogens is 376 g/mol. The molecule has 0 amide bonds. The Kier molecular flexibility index (Phi) is 3.88. The molecule has 2 aliphatic rings. The number of allylic oxidation sites excluding steroid dienone is 1. The Morgan fingerprint density at radius 3 is 2.07 bits per heavy atom. The van der Waals surface area contributed by atoms with Gasteiger partial charge in [0.15, 0.2) is 0 Å². The first-order chi connectivity index (χ1) is 13.9. The highest BCUT2D eigenvalue weighted by atomic mass is 32.2. The van der Waals surface area contributed by atoms with Crippen LogP contribution in [-0.2, 0) is 0 Å². The van der Waals surface area contributed by atoms with Crippen molar-refractivity contribution in [3.8, 4) is 0 Å². The maximum absolute atomic E-state index is 2.32. The van der Waals surface area contributed by atoms with Crippen molar-refractivity contribution >= 4 is 45.4 Å². The number of rotatable bonds is 0. The second kappa shape index (κ2) is 6.58. The Labute approximate surface area is 173 Å². The fraction of sp³-hybridized carbons (Fsp3) is 0.0769. The van der Waals surface area contributed by atoms with E-state index >= 15 is 0 Å². The lowest BCUT2D eigenvalue weighted by molar-refractivity contribution is 1.19. The molecule has 0 nitrogen and oxygen atoms in total. The van der Waals surface area contributed by atoms with E-state index in [0.29, 0.717) is 0 Å². The Balaban J connectivity index is 1.76. The molecular formula is C26H18S2. The summed E-state index contributed by atoms with van der Waals surface area (Å²) in [6, 6.07) is 31.2. The van der Waals surface area contributed by atoms with E-state index in [0.717, 1.165) is 12.2 Å². The molecule has 0 saturated carbocycles. The van der Waals surface area contributed by atoms with Crippen molar-refractivity contribution in [3.63, 3.8) is 0 Å². The van der Waals surface area contributed by atoms with Gasteiger partial charge >= 0.3 is 0 Å². The summed E-state index contributed by atoms with van der Waals surface area (Å²) >= 11 is 3.89. The van der Waals surface area contributed by atoms with E-state index in [4.69, 9.17) is 0 Å². The van der Waals surface area contributed by atoms with E-state index in [2.05, 4.69) is 84.9 Å². The highest BCUT2D eigenvalue weighted by molar-refractivity contribution is 7.99. The third-order valence-electron chi connectivity index (χ3n) is 5.64. The minimum absolute atomic E-state index is 1.11. The lowest BCUT2D eigenvalue weighted by Crippen LogP contribution is -2.06. The fourth-order valence-electron chi connectivity index (χ4n) is 4.43. The number of thioether (sulfide) groups is 1. The van der Waals surface area contributed by atoms with E-state index in [9.17, 15) is 0 Å². The molecule has 0 bridgehead atoms. The second-order valence-electron chi connectivity index (χ2n) is 7.21. The van der Waals surface area contributed by atoms with Gasteiger partial charge in [0.2, 0.25) is 0 Å². The zero-order valence-electron chi connectivity index (χ0n) is 15.3. The Hall–Kier alpha value is -2.42. The van der Waals surface area contributed by atoms with Crippen LogP contribution in [0.1, 0.15) is 23.1 Å². The molecule has 2 heterocycles. The molecule has 134 valence electrons. The van der Waals surface area contributed by atoms with E-state index in [1.807, 2.05) is 23.5 Å². The van der Waals surface area contributed by atoms with E-state index in [-0.39, 0.29) is 0 Å². The molecule has 0 aromatic heterocycles. The van der Waals surface area contributed by atoms with Gasteiger partial charge in [-0.25, -0.2) is 0 Å². The average Bonchev–Trinajstić information content (AvgIpc) is 2.77. The Bertz CT molecular complexity index is 1220. The first-order valence-electron chi connectivity index (χ1n) is 9.65. The number of benzene rings is 4. The SMILES string of the molecule is c1ccc2c(c1)Sc1ccccc1C2=C1CCSc2ccc3ccccc3c21. The summed E-state index contributed by atoms with van der Waals surface area (Å²) in [4.78, 5) is 4.15. The molecule has 28 heavy (non-hydrogen) atoms. The maximum atomic E-state index is 2.32. The molecule has 0 aliphatic carbocycles. The molecule has 2 aliphatic heterocycles. The van der Waals surface area contributed by atoms with Crippen LogP contribution in [-0.4, -0.2) is 5.75 Å². The van der Waals surface area contributed by atoms with Crippen molar-refractivity contribution in [1.29, 1.82) is 0 Å². The number of hydrogen-bond donors (Lipinski definition) is 0. The van der Waals surface area contributed by atoms with Crippen LogP contribution < -0.4 is 0 Å². The molecule has 0 spiro atoms. The van der Waals surface area contributed by atoms with Crippen molar-refractivity contribution in [2.75, 3.05) is 5.75 Å². The molecule has 2 heteroatoms. The lowest BCUT2D eigenvalue weighted by atomic mass is 9.85. The summed E-state index contributed by atoms with van der Waals surface area (Å²) in [5.74, 6) is 1.14. The van der Waals surface area contributed by atoms with E-state index in [1.165, 1.54) is 53.3 Å². The van der Waals surface area contributed by atoms with Crippen LogP contribution in [0.2, 0.25) is 0 Å². The average molecular weight is 395 g/mol. The first-order valence-corrected chi connectivity index (χ1v) is 11.4. The van der Waals surface area contributed by atoms with Crippen LogP contribution in [0.25, 0.3) is 21.9 Å². The predicted octanol–water partition coefficient (Wildman–Crippen LogP) is 7.76. The predicted molar refractivity (Wildman–Crippen MR) is 122 cm³/mol. The van der Waals surface area contributed by atoms with Gasteiger partial charge in [-0.2, -0.15) is 0 Å². The Morgan fingerprint density at radius 2 is 1.29 bits per heavy atom. The summed E-state index contributed by atoms with van der Waals surface area (Å²) in [5.41, 5.74) is 7.15. The van der Waals surface area contributed by atoms with Crippen molar-refractivity contribution < 1.29 is 0 Å². The van der Waals surface area contributed by atoms with Gasteiger partial charge in [-0.1, -0.05) is 78.5 Å². The lowest BCUT2D eigenvalue weighted by Gasteiger charge is -2.29. The summed E-state index contributed by atoms with van der Waals surface area (Å²) in [5, 5.41) is 2.71. The molecule has 4 aromatic carbocycles. The monoisotopic (exact) mass is 394 g/mol. The van der Waals surface area contributed by atoms with Gasteiger partial charge in [-0.15, -0.1) is 11.8 Å². The summed E-state index contributed by atoms with van der Waals surface area (Å²) in [7, 11) is 0. The van der Waals surface area contributed by atoms with Gasteiger partial charge in [0, 0.05) is 20.4 Å². The third-order valence-corrected chi connectivity index (χ3v) is 7.85. The largest absolute Gasteiger partial charge is 0.125 e. The highest BCUT2D eigenvalue weighted by Crippen LogP contribution is 2.51. The highest BCUT2D eigenvalue weighted by Gasteiger charge is 2.27. The topological polar surface area (TPSA) is 0 Å². The number of hydrogen-bond acceptors (Lipinski definition) is 2. The van der Waals surface area contributed by atoms with Gasteiger partial charge in [-0.3, -0.25) is 0 Å². The second-order valence-corrected chi connectivity index (χ2v) is 9.43. The quantitative estimate of drug-likeness (QED) is 0.263. The summed E-state index contributed by atoms with van der Waals surface area (Å²) < 4.78 is 0. The molecule has 0 fully saturated rings. The molecule has 4 aromatic rings. The summed E-state index contributed by atoms with van der Waals surface area (Å²) in [6.45, 7) is 0. The molecule has 0 N–H and O–H groups in total. The van der Waals surface area contributed by atoms with Crippen molar-refractivity contribution in [2.24, 2.45) is 0 Å². The standard InChI is InChI=1S/C26H18S2/c1-2-8-18-17(7-1)13-14-24-26(18)21(15-16-27-24)25-19-9-3-5-11-22(19)28-23-12-6-4-10-20(23)25/h1-14H,15-16H2. The minimum Gasteiger partial charge on any atom is -0.125 e. The zero-order valence-corrected chi connectivity index (χ0v) is 16.9. The molecule has 0 radical (unpaired) electrons. The van der Waals surface area contributed by atoms with Gasteiger partial charge in [0.25, 0.3) is 0 Å². The van der Waals surface area contributed by atoms with Crippen LogP contribution in [0, 0.1) is 0 Å². The van der Waals surface area contributed by atoms with E-state index in [1.54, 1.807) is 0 Å². The van der Waals surface area contributed by atoms with Crippen molar-refractivity contribution in [2.45, 2.75) is 21.1 Å². The van der Waals surface area contributed by atoms with Crippen LogP contribution in [0.5, 0.6) is 0 Å². The van der Waals surface area contributed by atoms with E-state index < -0.39 is 0 Å². The zero-order chi connectivity index (χ0) is 18.5. The van der Waals surface area contributed by atoms with Crippen LogP contribution in [0.15, 0.2) is 99.6 Å². The first kappa shape index (κ1) is 16.5. The maximum Gasteiger partial charge on any atom is 0.0201 e. The third kappa shape index (κ3) is 2.48. The molecule has 0 atom stereocenters. The van der Waals surface area contributed by atoms with Crippen LogP contribution >= 0.6 is 23.5 Å². The van der Waals surface area contributed by atoms with Gasteiger partial charge in [0.1, 0.15) is 0 Å². The van der Waals surface area contributed by atoms with Crippen LogP contribution in [0.4, 0.5) is 0 Å². The number of fused-ring (bicyclic) bond motifs is 5. The van der Waals surface area contributed by atoms with Gasteiger partial charge in [0.05, 0.1) is 0 Å². The van der Waals surface area contributed by atoms with Crippen molar-refractivity contribution in [3.05, 3.63) is 102 Å². The Morgan fingerprint density at radius 1 is 0.607 bits per heavy atom. The van der Waals surface area contributed by atoms with Crippen LogP contribution in [0.3, 0.4) is 0 Å². The molecule has 6 rings (SSSR count). The minimum atomic E-state index is 1.11. The summed E-state index contributed by atoms with van der Waals surface area (Å²) in [6.07, 6.45) is 1.11. The fourth-order valence-corrected chi connectivity index (χ4v) is 6.59.